The van der Waals surface area contributed by atoms with Crippen molar-refractivity contribution in [2.45, 2.75) is 19.8 Å². The zero-order valence-electron chi connectivity index (χ0n) is 15.7. The minimum absolute atomic E-state index is 0.0146. The average molecular weight is 433 g/mol. The molecule has 4 rings (SSSR count). The number of pyridine rings is 1. The van der Waals surface area contributed by atoms with E-state index in [0.717, 1.165) is 22.2 Å². The molecule has 154 valence electrons. The lowest BCUT2D eigenvalue weighted by Crippen LogP contribution is -2.17. The standard InChI is InChI=1S/C22H16ClF3N2O2/c1-13-2-5-15(10-27-13)16-8-17-12-28(21(29)20(17)19(23)9-16)11-14-3-6-18(7-4-14)30-22(24,25)26/h2-10,12,29H,11H2,1H3. The number of aromatic nitrogens is 2. The first kappa shape index (κ1) is 20.1. The third kappa shape index (κ3) is 4.21. The van der Waals surface area contributed by atoms with Gasteiger partial charge in [0.15, 0.2) is 0 Å². The Balaban J connectivity index is 1.64. The minimum Gasteiger partial charge on any atom is -0.494 e. The Hall–Kier alpha value is -3.19. The van der Waals surface area contributed by atoms with Gasteiger partial charge in [-0.25, -0.2) is 0 Å². The highest BCUT2D eigenvalue weighted by atomic mass is 35.5. The van der Waals surface area contributed by atoms with Gasteiger partial charge in [0.1, 0.15) is 5.75 Å². The van der Waals surface area contributed by atoms with Gasteiger partial charge < -0.3 is 14.4 Å². The Morgan fingerprint density at radius 3 is 2.43 bits per heavy atom. The summed E-state index contributed by atoms with van der Waals surface area (Å²) < 4.78 is 42.4. The van der Waals surface area contributed by atoms with Gasteiger partial charge >= 0.3 is 6.36 Å². The number of benzene rings is 2. The summed E-state index contributed by atoms with van der Waals surface area (Å²) in [5.74, 6) is -0.313. The number of hydrogen-bond acceptors (Lipinski definition) is 3. The summed E-state index contributed by atoms with van der Waals surface area (Å²) in [5, 5.41) is 12.3. The fraction of sp³-hybridized carbons (Fsp3) is 0.136. The van der Waals surface area contributed by atoms with E-state index in [0.29, 0.717) is 16.0 Å². The first-order chi connectivity index (χ1) is 14.2. The molecule has 0 amide bonds. The number of hydrogen-bond donors (Lipinski definition) is 1. The highest BCUT2D eigenvalue weighted by Crippen LogP contribution is 2.37. The molecule has 2 aromatic heterocycles. The van der Waals surface area contributed by atoms with E-state index < -0.39 is 6.36 Å². The largest absolute Gasteiger partial charge is 0.573 e. The van der Waals surface area contributed by atoms with Crippen molar-refractivity contribution in [3.8, 4) is 22.8 Å². The molecule has 0 saturated heterocycles. The Morgan fingerprint density at radius 1 is 1.07 bits per heavy atom. The zero-order chi connectivity index (χ0) is 21.5. The fourth-order valence-electron chi connectivity index (χ4n) is 3.26. The molecule has 2 aromatic carbocycles. The normalized spacial score (nSPS) is 11.8. The van der Waals surface area contributed by atoms with Crippen molar-refractivity contribution >= 4 is 22.4 Å². The van der Waals surface area contributed by atoms with E-state index in [1.54, 1.807) is 23.0 Å². The summed E-state index contributed by atoms with van der Waals surface area (Å²) in [5.41, 5.74) is 3.36. The molecule has 0 radical (unpaired) electrons. The molecular formula is C22H16ClF3N2O2. The Bertz CT molecular complexity index is 1200. The number of nitrogens with zero attached hydrogens (tertiary/aromatic N) is 2. The SMILES string of the molecule is Cc1ccc(-c2cc(Cl)c3c(O)n(Cc4ccc(OC(F)(F)F)cc4)cc3c2)cn1. The van der Waals surface area contributed by atoms with E-state index in [2.05, 4.69) is 9.72 Å². The van der Waals surface area contributed by atoms with Crippen molar-refractivity contribution in [3.05, 3.63) is 77.2 Å². The molecule has 0 spiro atoms. The van der Waals surface area contributed by atoms with Crippen LogP contribution in [-0.2, 0) is 6.54 Å². The fourth-order valence-corrected chi connectivity index (χ4v) is 3.57. The van der Waals surface area contributed by atoms with Crippen molar-refractivity contribution in [2.24, 2.45) is 0 Å². The number of halogens is 4. The van der Waals surface area contributed by atoms with Gasteiger partial charge in [0, 0.05) is 29.0 Å². The number of fused-ring (bicyclic) bond motifs is 1. The zero-order valence-corrected chi connectivity index (χ0v) is 16.5. The number of rotatable bonds is 4. The van der Waals surface area contributed by atoms with Gasteiger partial charge in [-0.05, 0) is 48.4 Å². The van der Waals surface area contributed by atoms with Gasteiger partial charge in [-0.2, -0.15) is 0 Å². The van der Waals surface area contributed by atoms with Crippen molar-refractivity contribution in [2.75, 3.05) is 0 Å². The van der Waals surface area contributed by atoms with Crippen LogP contribution in [-0.4, -0.2) is 21.0 Å². The van der Waals surface area contributed by atoms with Crippen LogP contribution in [0.3, 0.4) is 0 Å². The molecule has 0 fully saturated rings. The summed E-state index contributed by atoms with van der Waals surface area (Å²) in [6.45, 7) is 2.16. The van der Waals surface area contributed by atoms with Crippen LogP contribution in [0.5, 0.6) is 11.6 Å². The summed E-state index contributed by atoms with van der Waals surface area (Å²) >= 11 is 6.43. The number of alkyl halides is 3. The van der Waals surface area contributed by atoms with Crippen molar-refractivity contribution < 1.29 is 23.0 Å². The van der Waals surface area contributed by atoms with E-state index in [-0.39, 0.29) is 18.2 Å². The van der Waals surface area contributed by atoms with Gasteiger partial charge in [0.25, 0.3) is 0 Å². The van der Waals surface area contributed by atoms with Crippen LogP contribution < -0.4 is 4.74 Å². The number of ether oxygens (including phenoxy) is 1. The first-order valence-corrected chi connectivity index (χ1v) is 9.36. The third-order valence-corrected chi connectivity index (χ3v) is 4.96. The van der Waals surface area contributed by atoms with E-state index in [9.17, 15) is 18.3 Å². The smallest absolute Gasteiger partial charge is 0.494 e. The predicted octanol–water partition coefficient (Wildman–Crippen LogP) is 6.32. The van der Waals surface area contributed by atoms with Crippen molar-refractivity contribution in [1.82, 2.24) is 9.55 Å². The molecule has 0 aliphatic rings. The van der Waals surface area contributed by atoms with Gasteiger partial charge in [-0.3, -0.25) is 4.98 Å². The Labute approximate surface area is 175 Å². The van der Waals surface area contributed by atoms with Gasteiger partial charge in [0.05, 0.1) is 17.0 Å². The molecule has 4 nitrogen and oxygen atoms in total. The predicted molar refractivity (Wildman–Crippen MR) is 109 cm³/mol. The molecule has 4 aromatic rings. The maximum absolute atomic E-state index is 12.3. The van der Waals surface area contributed by atoms with Crippen LogP contribution in [0.2, 0.25) is 5.02 Å². The minimum atomic E-state index is -4.74. The lowest BCUT2D eigenvalue weighted by atomic mass is 10.0. The lowest BCUT2D eigenvalue weighted by Gasteiger charge is -2.10. The highest BCUT2D eigenvalue weighted by Gasteiger charge is 2.30. The summed E-state index contributed by atoms with van der Waals surface area (Å²) in [6, 6.07) is 13.0. The molecule has 0 aliphatic heterocycles. The van der Waals surface area contributed by atoms with E-state index in [1.165, 1.54) is 24.3 Å². The summed E-state index contributed by atoms with van der Waals surface area (Å²) in [7, 11) is 0. The molecule has 0 unspecified atom stereocenters. The molecule has 8 heteroatoms. The maximum atomic E-state index is 12.3. The Kier molecular flexibility index (Phi) is 5.07. The third-order valence-electron chi connectivity index (χ3n) is 4.67. The highest BCUT2D eigenvalue weighted by molar-refractivity contribution is 6.36. The second kappa shape index (κ2) is 7.57. The topological polar surface area (TPSA) is 47.3 Å². The molecule has 30 heavy (non-hydrogen) atoms. The van der Waals surface area contributed by atoms with Crippen LogP contribution >= 0.6 is 11.6 Å². The molecule has 2 heterocycles. The van der Waals surface area contributed by atoms with Crippen molar-refractivity contribution in [1.29, 1.82) is 0 Å². The van der Waals surface area contributed by atoms with Gasteiger partial charge in [-0.15, -0.1) is 13.2 Å². The molecule has 0 saturated carbocycles. The quantitative estimate of drug-likeness (QED) is 0.410. The molecule has 0 aliphatic carbocycles. The molecule has 1 N–H and O–H groups in total. The van der Waals surface area contributed by atoms with Crippen molar-refractivity contribution in [3.63, 3.8) is 0 Å². The summed E-state index contributed by atoms with van der Waals surface area (Å²) in [6.07, 6.45) is -1.23. The van der Waals surface area contributed by atoms with Crippen LogP contribution in [0, 0.1) is 6.92 Å². The Morgan fingerprint density at radius 2 is 1.80 bits per heavy atom. The second-order valence-electron chi connectivity index (χ2n) is 6.88. The molecule has 0 bridgehead atoms. The second-order valence-corrected chi connectivity index (χ2v) is 7.29. The number of aryl methyl sites for hydroxylation is 1. The van der Waals surface area contributed by atoms with E-state index >= 15 is 0 Å². The van der Waals surface area contributed by atoms with Crippen LogP contribution in [0.1, 0.15) is 11.3 Å². The van der Waals surface area contributed by atoms with E-state index in [1.807, 2.05) is 25.1 Å². The number of aromatic hydroxyl groups is 1. The monoisotopic (exact) mass is 432 g/mol. The summed E-state index contributed by atoms with van der Waals surface area (Å²) in [4.78, 5) is 4.29. The average Bonchev–Trinajstić information content (AvgIpc) is 2.98. The van der Waals surface area contributed by atoms with Gasteiger partial charge in [0.2, 0.25) is 5.88 Å². The maximum Gasteiger partial charge on any atom is 0.573 e. The molecular weight excluding hydrogens is 417 g/mol. The van der Waals surface area contributed by atoms with Crippen LogP contribution in [0.25, 0.3) is 21.9 Å². The lowest BCUT2D eigenvalue weighted by molar-refractivity contribution is -0.274. The molecule has 0 atom stereocenters. The van der Waals surface area contributed by atoms with Crippen LogP contribution in [0.4, 0.5) is 13.2 Å². The van der Waals surface area contributed by atoms with Crippen LogP contribution in [0.15, 0.2) is 60.9 Å². The van der Waals surface area contributed by atoms with E-state index in [4.69, 9.17) is 11.6 Å². The first-order valence-electron chi connectivity index (χ1n) is 8.99. The van der Waals surface area contributed by atoms with Gasteiger partial charge in [-0.1, -0.05) is 29.8 Å².